The lowest BCUT2D eigenvalue weighted by atomic mass is 10.0. The molecule has 1 saturated carbocycles. The van der Waals surface area contributed by atoms with E-state index in [-0.39, 0.29) is 52.1 Å². The molecule has 5 atom stereocenters. The lowest BCUT2D eigenvalue weighted by Crippen LogP contribution is -2.59. The number of hydrogen-bond acceptors (Lipinski definition) is 10. The highest BCUT2D eigenvalue weighted by atomic mass is 32.2. The summed E-state index contributed by atoms with van der Waals surface area (Å²) in [5.41, 5.74) is -0.413. The van der Waals surface area contributed by atoms with Crippen molar-refractivity contribution in [1.29, 1.82) is 0 Å². The van der Waals surface area contributed by atoms with Crippen molar-refractivity contribution < 1.29 is 46.6 Å². The number of nitrogens with zero attached hydrogens (tertiary/aromatic N) is 3. The van der Waals surface area contributed by atoms with Gasteiger partial charge >= 0.3 is 22.4 Å². The van der Waals surface area contributed by atoms with Crippen molar-refractivity contribution in [3.8, 4) is 0 Å². The van der Waals surface area contributed by atoms with Gasteiger partial charge in [0.15, 0.2) is 0 Å². The third-order valence-corrected chi connectivity index (χ3v) is 11.7. The van der Waals surface area contributed by atoms with E-state index in [4.69, 9.17) is 14.2 Å². The number of nitrogens with one attached hydrogen (secondary N) is 3. The smallest absolute Gasteiger partial charge is 0.410 e. The van der Waals surface area contributed by atoms with Gasteiger partial charge in [0.25, 0.3) is 5.91 Å². The molecule has 1 aromatic carbocycles. The second kappa shape index (κ2) is 15.6. The number of ether oxygens (including phenoxy) is 3. The number of allylic oxidation sites excluding steroid dienone is 1. The van der Waals surface area contributed by atoms with Crippen molar-refractivity contribution in [2.75, 3.05) is 32.8 Å². The summed E-state index contributed by atoms with van der Waals surface area (Å²) in [5, 5.41) is 5.51. The molecule has 1 aromatic rings. The van der Waals surface area contributed by atoms with Gasteiger partial charge in [-0.2, -0.15) is 12.7 Å². The maximum absolute atomic E-state index is 14.4. The number of amides is 5. The summed E-state index contributed by atoms with van der Waals surface area (Å²) in [6, 6.07) is 5.42. The van der Waals surface area contributed by atoms with E-state index in [2.05, 4.69) is 15.4 Å². The fourth-order valence-corrected chi connectivity index (χ4v) is 8.53. The molecule has 3 fully saturated rings. The minimum Gasteiger partial charge on any atom is -0.444 e. The summed E-state index contributed by atoms with van der Waals surface area (Å²) in [6.07, 6.45) is 4.57. The molecule has 17 heteroatoms. The van der Waals surface area contributed by atoms with Crippen LogP contribution in [0, 0.1) is 5.92 Å². The van der Waals surface area contributed by atoms with Crippen molar-refractivity contribution in [2.45, 2.75) is 108 Å². The van der Waals surface area contributed by atoms with E-state index in [0.29, 0.717) is 25.9 Å². The highest BCUT2D eigenvalue weighted by molar-refractivity contribution is 7.87. The fourth-order valence-electron chi connectivity index (χ4n) is 7.35. The lowest BCUT2D eigenvalue weighted by Gasteiger charge is -2.31. The number of carbonyl (C=O) groups is 5. The molecular formula is C36H50N6O10S. The third-order valence-electron chi connectivity index (χ3n) is 10.2. The van der Waals surface area contributed by atoms with E-state index < -0.39 is 75.4 Å². The van der Waals surface area contributed by atoms with Gasteiger partial charge in [-0.3, -0.25) is 19.3 Å². The zero-order valence-corrected chi connectivity index (χ0v) is 31.3. The van der Waals surface area contributed by atoms with E-state index in [1.165, 1.54) is 4.90 Å². The molecule has 3 N–H and O–H groups in total. The van der Waals surface area contributed by atoms with E-state index in [1.807, 2.05) is 36.4 Å². The van der Waals surface area contributed by atoms with Crippen LogP contribution < -0.4 is 15.4 Å². The van der Waals surface area contributed by atoms with Gasteiger partial charge in [-0.25, -0.2) is 14.3 Å². The molecule has 0 bridgehead atoms. The zero-order valence-electron chi connectivity index (χ0n) is 30.5. The van der Waals surface area contributed by atoms with Gasteiger partial charge in [0.05, 0.1) is 19.8 Å². The van der Waals surface area contributed by atoms with Crippen molar-refractivity contribution >= 4 is 40.1 Å². The Hall–Kier alpha value is -4.22. The maximum atomic E-state index is 14.4. The largest absolute Gasteiger partial charge is 0.444 e. The average molecular weight is 759 g/mol. The van der Waals surface area contributed by atoms with Gasteiger partial charge in [0.1, 0.15) is 29.3 Å². The van der Waals surface area contributed by atoms with Gasteiger partial charge in [-0.15, -0.1) is 0 Å². The first kappa shape index (κ1) is 38.5. The highest BCUT2D eigenvalue weighted by Crippen LogP contribution is 2.46. The molecule has 4 heterocycles. The van der Waals surface area contributed by atoms with Crippen molar-refractivity contribution in [2.24, 2.45) is 5.92 Å². The molecule has 290 valence electrons. The number of hydrogen-bond donors (Lipinski definition) is 3. The Morgan fingerprint density at radius 1 is 1.02 bits per heavy atom. The van der Waals surface area contributed by atoms with E-state index in [9.17, 15) is 32.4 Å². The van der Waals surface area contributed by atoms with Crippen molar-refractivity contribution in [3.05, 3.63) is 47.5 Å². The van der Waals surface area contributed by atoms with Crippen LogP contribution in [0.5, 0.6) is 0 Å². The number of rotatable bonds is 5. The molecule has 0 unspecified atom stereocenters. The van der Waals surface area contributed by atoms with Crippen LogP contribution in [0.4, 0.5) is 9.59 Å². The van der Waals surface area contributed by atoms with Gasteiger partial charge in [-0.05, 0) is 57.6 Å². The summed E-state index contributed by atoms with van der Waals surface area (Å²) >= 11 is 0. The van der Waals surface area contributed by atoms with E-state index in [0.717, 1.165) is 28.3 Å². The van der Waals surface area contributed by atoms with Crippen LogP contribution in [0.15, 0.2) is 36.4 Å². The monoisotopic (exact) mass is 758 g/mol. The van der Waals surface area contributed by atoms with Gasteiger partial charge < -0.3 is 29.7 Å². The summed E-state index contributed by atoms with van der Waals surface area (Å²) in [7, 11) is -4.24. The normalized spacial score (nSPS) is 29.0. The summed E-state index contributed by atoms with van der Waals surface area (Å²) in [4.78, 5) is 71.6. The van der Waals surface area contributed by atoms with Crippen molar-refractivity contribution in [1.82, 2.24) is 29.5 Å². The maximum Gasteiger partial charge on any atom is 0.410 e. The molecular weight excluding hydrogens is 708 g/mol. The lowest BCUT2D eigenvalue weighted by molar-refractivity contribution is -0.141. The SMILES string of the molecule is CC(C)(C)OC(=O)N[C@H]1CCCCC/C=C\[C@H]2C[C@@]2(C(=O)NS(=O)(=O)N2CCOCC2)NC(=O)[C@@H]2C[C@@H](OC(=O)N3Cc4ccccc4C3)CN2C1=O. The number of alkyl carbamates (subject to hydrolysis) is 1. The molecule has 2 saturated heterocycles. The summed E-state index contributed by atoms with van der Waals surface area (Å²) < 4.78 is 46.3. The van der Waals surface area contributed by atoms with Gasteiger partial charge in [0.2, 0.25) is 11.8 Å². The molecule has 53 heavy (non-hydrogen) atoms. The van der Waals surface area contributed by atoms with Crippen LogP contribution in [-0.4, -0.2) is 115 Å². The first-order chi connectivity index (χ1) is 25.1. The second-order valence-corrected chi connectivity index (χ2v) is 17.0. The van der Waals surface area contributed by atoms with Crippen LogP contribution in [0.1, 0.15) is 76.8 Å². The van der Waals surface area contributed by atoms with Crippen molar-refractivity contribution in [3.63, 3.8) is 0 Å². The minimum atomic E-state index is -4.24. The van der Waals surface area contributed by atoms with Crippen LogP contribution in [0.2, 0.25) is 0 Å². The van der Waals surface area contributed by atoms with E-state index >= 15 is 0 Å². The minimum absolute atomic E-state index is 0.0759. The number of fused-ring (bicyclic) bond motifs is 3. The summed E-state index contributed by atoms with van der Waals surface area (Å²) in [6.45, 7) is 6.23. The Labute approximate surface area is 310 Å². The Bertz CT molecular complexity index is 1700. The molecule has 0 radical (unpaired) electrons. The second-order valence-electron chi connectivity index (χ2n) is 15.4. The molecule has 6 rings (SSSR count). The predicted octanol–water partition coefficient (Wildman–Crippen LogP) is 2.09. The fraction of sp³-hybridized carbons (Fsp3) is 0.639. The predicted molar refractivity (Wildman–Crippen MR) is 190 cm³/mol. The molecule has 5 amide bonds. The van der Waals surface area contributed by atoms with Crippen LogP contribution in [0.3, 0.4) is 0 Å². The number of benzene rings is 1. The Balaban J connectivity index is 1.25. The average Bonchev–Trinajstić information content (AvgIpc) is 3.40. The van der Waals surface area contributed by atoms with Gasteiger partial charge in [0, 0.05) is 38.5 Å². The highest BCUT2D eigenvalue weighted by Gasteiger charge is 2.62. The molecule has 0 spiro atoms. The zero-order chi connectivity index (χ0) is 38.0. The molecule has 1 aliphatic carbocycles. The molecule has 16 nitrogen and oxygen atoms in total. The molecule has 4 aliphatic heterocycles. The van der Waals surface area contributed by atoms with Crippen LogP contribution >= 0.6 is 0 Å². The Morgan fingerprint density at radius 2 is 1.72 bits per heavy atom. The van der Waals surface area contributed by atoms with Gasteiger partial charge in [-0.1, -0.05) is 49.3 Å². The Morgan fingerprint density at radius 3 is 2.40 bits per heavy atom. The third kappa shape index (κ3) is 9.12. The number of carbonyl (C=O) groups excluding carboxylic acids is 5. The first-order valence-corrected chi connectivity index (χ1v) is 19.8. The Kier molecular flexibility index (Phi) is 11.4. The standard InChI is InChI=1S/C36H50N6O10S/c1-35(2,3)52-33(46)37-28-14-8-6-4-5-7-13-26-20-36(26,32(45)39-53(48,49)41-15-17-50-18-16-41)38-30(43)29-19-27(23-42(29)31(28)44)51-34(47)40-21-24-11-9-10-12-25(24)22-40/h7,9-13,26-29H,4-6,8,14-23H2,1-3H3,(H,37,46)(H,38,43)(H,39,45)/b13-7-/t26-,27+,28-,29-,36+/m0/s1. The summed E-state index contributed by atoms with van der Waals surface area (Å²) in [5.74, 6) is -2.63. The molecule has 5 aliphatic rings. The van der Waals surface area contributed by atoms with Crippen LogP contribution in [0.25, 0.3) is 0 Å². The first-order valence-electron chi connectivity index (χ1n) is 18.4. The topological polar surface area (TPSA) is 193 Å². The van der Waals surface area contributed by atoms with Crippen LogP contribution in [-0.2, 0) is 51.9 Å². The van der Waals surface area contributed by atoms with E-state index in [1.54, 1.807) is 25.7 Å². The quantitative estimate of drug-likeness (QED) is 0.375. The number of morpholine rings is 1. The molecule has 0 aromatic heterocycles.